The minimum absolute atomic E-state index is 0.00303. The summed E-state index contributed by atoms with van der Waals surface area (Å²) in [6.07, 6.45) is 0.338. The van der Waals surface area contributed by atoms with E-state index >= 15 is 0 Å². The van der Waals surface area contributed by atoms with Gasteiger partial charge >= 0.3 is 0 Å². The monoisotopic (exact) mass is 603 g/mol. The van der Waals surface area contributed by atoms with Crippen molar-refractivity contribution in [2.75, 3.05) is 17.4 Å². The van der Waals surface area contributed by atoms with Crippen LogP contribution in [-0.4, -0.2) is 44.3 Å². The molecule has 3 aromatic carbocycles. The predicted molar refractivity (Wildman–Crippen MR) is 161 cm³/mol. The fourth-order valence-electron chi connectivity index (χ4n) is 4.15. The third kappa shape index (κ3) is 7.77. The van der Waals surface area contributed by atoms with Gasteiger partial charge in [0.15, 0.2) is 0 Å². The summed E-state index contributed by atoms with van der Waals surface area (Å²) in [5, 5.41) is 3.07. The normalized spacial score (nSPS) is 12.2. The van der Waals surface area contributed by atoms with Crippen molar-refractivity contribution in [2.45, 2.75) is 51.6 Å². The van der Waals surface area contributed by atoms with Crippen LogP contribution in [-0.2, 0) is 26.2 Å². The number of aryl methyl sites for hydroxylation is 1. The minimum Gasteiger partial charge on any atom is -0.354 e. The lowest BCUT2D eigenvalue weighted by Gasteiger charge is -2.33. The average Bonchev–Trinajstić information content (AvgIpc) is 2.93. The number of hydrogen-bond donors (Lipinski definition) is 1. The van der Waals surface area contributed by atoms with Gasteiger partial charge in [-0.2, -0.15) is 0 Å². The molecule has 214 valence electrons. The molecule has 0 fully saturated rings. The molecule has 2 amide bonds. The summed E-state index contributed by atoms with van der Waals surface area (Å²) in [5.41, 5.74) is 1.94. The molecular weight excluding hydrogens is 569 g/mol. The van der Waals surface area contributed by atoms with Gasteiger partial charge in [-0.15, -0.1) is 0 Å². The van der Waals surface area contributed by atoms with E-state index in [9.17, 15) is 18.0 Å². The number of carbonyl (C=O) groups excluding carboxylic acids is 2. The van der Waals surface area contributed by atoms with Crippen LogP contribution < -0.4 is 9.62 Å². The fourth-order valence-corrected chi connectivity index (χ4v) is 6.04. The number of benzene rings is 3. The number of halogens is 2. The maximum Gasteiger partial charge on any atom is 0.264 e. The van der Waals surface area contributed by atoms with Gasteiger partial charge in [0.05, 0.1) is 20.6 Å². The first kappa shape index (κ1) is 31.5. The zero-order chi connectivity index (χ0) is 29.4. The molecule has 0 saturated heterocycles. The van der Waals surface area contributed by atoms with Gasteiger partial charge in [0, 0.05) is 13.1 Å². The molecule has 1 N–H and O–H groups in total. The number of hydrogen-bond acceptors (Lipinski definition) is 4. The van der Waals surface area contributed by atoms with E-state index in [1.807, 2.05) is 52.0 Å². The van der Waals surface area contributed by atoms with Crippen LogP contribution in [0.1, 0.15) is 38.3 Å². The lowest BCUT2D eigenvalue weighted by molar-refractivity contribution is -0.140. The van der Waals surface area contributed by atoms with Crippen molar-refractivity contribution in [2.24, 2.45) is 5.92 Å². The summed E-state index contributed by atoms with van der Waals surface area (Å²) in [6, 6.07) is 19.2. The number of rotatable bonds is 12. The molecular formula is C30H35Cl2N3O4S. The Labute approximate surface area is 247 Å². The molecule has 0 aliphatic carbocycles. The largest absolute Gasteiger partial charge is 0.354 e. The van der Waals surface area contributed by atoms with Gasteiger partial charge in [0.25, 0.3) is 10.0 Å². The van der Waals surface area contributed by atoms with Crippen molar-refractivity contribution in [3.05, 3.63) is 94.0 Å². The number of nitrogens with zero attached hydrogens (tertiary/aromatic N) is 2. The lowest BCUT2D eigenvalue weighted by Crippen LogP contribution is -2.52. The van der Waals surface area contributed by atoms with Crippen molar-refractivity contribution in [1.29, 1.82) is 0 Å². The SMILES string of the molecule is CC[C@H](C(=O)NCC(C)C)N(Cc1ccc(C)cc1)C(=O)CN(c1cccc(Cl)c1Cl)S(=O)(=O)c1ccccc1. The highest BCUT2D eigenvalue weighted by Gasteiger charge is 2.34. The summed E-state index contributed by atoms with van der Waals surface area (Å²) in [4.78, 5) is 28.8. The standard InChI is InChI=1S/C30H35Cl2N3O4S/c1-5-26(30(37)33-18-21(2)3)34(19-23-16-14-22(4)15-17-23)28(36)20-35(27-13-9-12-25(31)29(27)32)40(38,39)24-10-7-6-8-11-24/h6-17,21,26H,5,18-20H2,1-4H3,(H,33,37)/t26-/m1/s1. The van der Waals surface area contributed by atoms with E-state index in [1.165, 1.54) is 23.1 Å². The van der Waals surface area contributed by atoms with Gasteiger partial charge < -0.3 is 10.2 Å². The Morgan fingerprint density at radius 2 is 1.57 bits per heavy atom. The molecule has 0 saturated carbocycles. The molecule has 3 rings (SSSR count). The van der Waals surface area contributed by atoms with E-state index in [0.717, 1.165) is 15.4 Å². The van der Waals surface area contributed by atoms with E-state index in [4.69, 9.17) is 23.2 Å². The van der Waals surface area contributed by atoms with Crippen molar-refractivity contribution in [3.8, 4) is 0 Å². The van der Waals surface area contributed by atoms with Crippen LogP contribution in [0.2, 0.25) is 10.0 Å². The molecule has 1 atom stereocenters. The topological polar surface area (TPSA) is 86.8 Å². The highest BCUT2D eigenvalue weighted by Crippen LogP contribution is 2.35. The number of anilines is 1. The van der Waals surface area contributed by atoms with Gasteiger partial charge in [-0.3, -0.25) is 13.9 Å². The van der Waals surface area contributed by atoms with Crippen LogP contribution in [0.3, 0.4) is 0 Å². The Bertz CT molecular complexity index is 1410. The second-order valence-corrected chi connectivity index (χ2v) is 12.6. The average molecular weight is 605 g/mol. The molecule has 0 unspecified atom stereocenters. The van der Waals surface area contributed by atoms with E-state index in [2.05, 4.69) is 5.32 Å². The molecule has 10 heteroatoms. The Morgan fingerprint density at radius 3 is 2.17 bits per heavy atom. The molecule has 3 aromatic rings. The Balaban J connectivity index is 2.07. The van der Waals surface area contributed by atoms with Crippen LogP contribution >= 0.6 is 23.2 Å². The maximum absolute atomic E-state index is 14.1. The molecule has 0 aliphatic rings. The molecule has 0 aromatic heterocycles. The first-order chi connectivity index (χ1) is 18.9. The molecule has 40 heavy (non-hydrogen) atoms. The van der Waals surface area contributed by atoms with Gasteiger partial charge in [-0.25, -0.2) is 8.42 Å². The summed E-state index contributed by atoms with van der Waals surface area (Å²) < 4.78 is 28.7. The summed E-state index contributed by atoms with van der Waals surface area (Å²) in [6.45, 7) is 7.74. The number of carbonyl (C=O) groups is 2. The summed E-state index contributed by atoms with van der Waals surface area (Å²) in [5.74, 6) is -0.628. The Morgan fingerprint density at radius 1 is 0.925 bits per heavy atom. The number of amides is 2. The smallest absolute Gasteiger partial charge is 0.264 e. The van der Waals surface area contributed by atoms with Crippen molar-refractivity contribution in [3.63, 3.8) is 0 Å². The highest BCUT2D eigenvalue weighted by atomic mass is 35.5. The minimum atomic E-state index is -4.23. The van der Waals surface area contributed by atoms with E-state index < -0.39 is 28.5 Å². The van der Waals surface area contributed by atoms with Gasteiger partial charge in [0.2, 0.25) is 11.8 Å². The first-order valence-electron chi connectivity index (χ1n) is 13.1. The molecule has 0 radical (unpaired) electrons. The summed E-state index contributed by atoms with van der Waals surface area (Å²) >= 11 is 12.7. The number of sulfonamides is 1. The molecule has 0 heterocycles. The second kappa shape index (κ2) is 14.0. The molecule has 0 spiro atoms. The zero-order valence-corrected chi connectivity index (χ0v) is 25.4. The predicted octanol–water partition coefficient (Wildman–Crippen LogP) is 6.08. The Hall–Kier alpha value is -3.07. The van der Waals surface area contributed by atoms with Crippen molar-refractivity contribution < 1.29 is 18.0 Å². The van der Waals surface area contributed by atoms with E-state index in [1.54, 1.807) is 30.3 Å². The lowest BCUT2D eigenvalue weighted by atomic mass is 10.1. The van der Waals surface area contributed by atoms with Crippen LogP contribution in [0.4, 0.5) is 5.69 Å². The van der Waals surface area contributed by atoms with Crippen LogP contribution in [0.15, 0.2) is 77.7 Å². The first-order valence-corrected chi connectivity index (χ1v) is 15.3. The van der Waals surface area contributed by atoms with Crippen LogP contribution in [0, 0.1) is 12.8 Å². The third-order valence-corrected chi connectivity index (χ3v) is 8.94. The van der Waals surface area contributed by atoms with E-state index in [-0.39, 0.29) is 39.0 Å². The van der Waals surface area contributed by atoms with Crippen molar-refractivity contribution >= 4 is 50.7 Å². The third-order valence-electron chi connectivity index (χ3n) is 6.35. The van der Waals surface area contributed by atoms with Crippen molar-refractivity contribution in [1.82, 2.24) is 10.2 Å². The van der Waals surface area contributed by atoms with Gasteiger partial charge in [-0.1, -0.05) is 98.1 Å². The maximum atomic E-state index is 14.1. The fraction of sp³-hybridized carbons (Fsp3) is 0.333. The van der Waals surface area contributed by atoms with Crippen LogP contribution in [0.25, 0.3) is 0 Å². The van der Waals surface area contributed by atoms with Gasteiger partial charge in [-0.05, 0) is 49.1 Å². The molecule has 7 nitrogen and oxygen atoms in total. The second-order valence-electron chi connectivity index (χ2n) is 9.97. The summed E-state index contributed by atoms with van der Waals surface area (Å²) in [7, 11) is -4.23. The van der Waals surface area contributed by atoms with E-state index in [0.29, 0.717) is 13.0 Å². The number of nitrogens with one attached hydrogen (secondary N) is 1. The van der Waals surface area contributed by atoms with Gasteiger partial charge in [0.1, 0.15) is 12.6 Å². The zero-order valence-electron chi connectivity index (χ0n) is 23.1. The molecule has 0 aliphatic heterocycles. The quantitative estimate of drug-likeness (QED) is 0.272. The highest BCUT2D eigenvalue weighted by molar-refractivity contribution is 7.92. The molecule has 0 bridgehead atoms. The Kier molecular flexibility index (Phi) is 11.0. The van der Waals surface area contributed by atoms with Crippen LogP contribution in [0.5, 0.6) is 0 Å².